The number of imidazole rings is 1. The van der Waals surface area contributed by atoms with Crippen molar-refractivity contribution >= 4 is 22.8 Å². The van der Waals surface area contributed by atoms with Crippen molar-refractivity contribution in [2.75, 3.05) is 11.4 Å². The van der Waals surface area contributed by atoms with Crippen LogP contribution in [0, 0.1) is 19.8 Å². The maximum Gasteiger partial charge on any atom is 0.364 e. The van der Waals surface area contributed by atoms with Gasteiger partial charge in [0, 0.05) is 19.5 Å². The van der Waals surface area contributed by atoms with E-state index in [2.05, 4.69) is 60.3 Å². The van der Waals surface area contributed by atoms with Crippen molar-refractivity contribution in [2.24, 2.45) is 13.0 Å². The Bertz CT molecular complexity index is 1200. The number of fused-ring (bicyclic) bond motifs is 3. The van der Waals surface area contributed by atoms with Crippen LogP contribution in [0.3, 0.4) is 0 Å². The Balaban J connectivity index is 1.93. The molecule has 0 spiro atoms. The second-order valence-corrected chi connectivity index (χ2v) is 8.82. The van der Waals surface area contributed by atoms with Gasteiger partial charge in [-0.05, 0) is 43.5 Å². The van der Waals surface area contributed by atoms with Crippen molar-refractivity contribution in [1.29, 1.82) is 0 Å². The van der Waals surface area contributed by atoms with Crippen LogP contribution in [-0.4, -0.2) is 20.7 Å². The molecule has 4 rings (SSSR count). The number of rotatable bonds is 5. The number of unbranched alkanes of at least 4 members (excludes halogenated alkanes) is 2. The number of aryl methyl sites for hydroxylation is 3. The van der Waals surface area contributed by atoms with E-state index in [-0.39, 0.29) is 11.2 Å². The zero-order chi connectivity index (χ0) is 21.6. The predicted molar refractivity (Wildman–Crippen MR) is 120 cm³/mol. The molecule has 0 fully saturated rings. The maximum atomic E-state index is 13.4. The molecule has 0 saturated carbocycles. The first-order valence-corrected chi connectivity index (χ1v) is 10.9. The van der Waals surface area contributed by atoms with Crippen molar-refractivity contribution in [1.82, 2.24) is 14.1 Å². The summed E-state index contributed by atoms with van der Waals surface area (Å²) < 4.78 is 5.05. The lowest BCUT2D eigenvalue weighted by Crippen LogP contribution is -2.52. The standard InChI is InChI=1S/C23H31N5O2/c1-6-7-8-9-26-21(29)19-20(25(5)23(26)30)24-22-27(13-17(4)14-28(19)22)18-11-15(2)10-16(3)12-18/h10-12,17H,6-9,13-14H2,1-5H3/p+1/t17-/m0/s1. The fourth-order valence-electron chi connectivity index (χ4n) is 4.63. The summed E-state index contributed by atoms with van der Waals surface area (Å²) in [6.45, 7) is 10.6. The molecular weight excluding hydrogens is 378 g/mol. The van der Waals surface area contributed by atoms with Gasteiger partial charge in [0.1, 0.15) is 5.69 Å². The van der Waals surface area contributed by atoms with E-state index in [0.717, 1.165) is 44.0 Å². The molecule has 30 heavy (non-hydrogen) atoms. The third-order valence-electron chi connectivity index (χ3n) is 6.03. The topological polar surface area (TPSA) is 66.9 Å². The summed E-state index contributed by atoms with van der Waals surface area (Å²) in [6, 6.07) is 6.50. The van der Waals surface area contributed by atoms with Crippen molar-refractivity contribution in [2.45, 2.75) is 60.0 Å². The average Bonchev–Trinajstić information content (AvgIpc) is 3.07. The second-order valence-electron chi connectivity index (χ2n) is 8.82. The van der Waals surface area contributed by atoms with E-state index in [1.165, 1.54) is 15.7 Å². The molecule has 0 radical (unpaired) electrons. The van der Waals surface area contributed by atoms with E-state index in [9.17, 15) is 9.59 Å². The minimum Gasteiger partial charge on any atom is -0.267 e. The molecule has 0 bridgehead atoms. The van der Waals surface area contributed by atoms with Crippen LogP contribution in [0.4, 0.5) is 11.6 Å². The molecule has 0 aliphatic carbocycles. The number of anilines is 2. The highest BCUT2D eigenvalue weighted by Gasteiger charge is 2.36. The van der Waals surface area contributed by atoms with Crippen molar-refractivity contribution in [3.63, 3.8) is 0 Å². The fourth-order valence-corrected chi connectivity index (χ4v) is 4.63. The molecule has 1 atom stereocenters. The van der Waals surface area contributed by atoms with Crippen LogP contribution in [-0.2, 0) is 20.1 Å². The Hall–Kier alpha value is -2.83. The Morgan fingerprint density at radius 1 is 1.13 bits per heavy atom. The lowest BCUT2D eigenvalue weighted by atomic mass is 10.1. The smallest absolute Gasteiger partial charge is 0.267 e. The molecule has 0 amide bonds. The summed E-state index contributed by atoms with van der Waals surface area (Å²) >= 11 is 0. The molecule has 1 N–H and O–H groups in total. The summed E-state index contributed by atoms with van der Waals surface area (Å²) in [5.74, 6) is 1.24. The summed E-state index contributed by atoms with van der Waals surface area (Å²) in [4.78, 5) is 31.9. The average molecular weight is 411 g/mol. The molecule has 0 unspecified atom stereocenters. The van der Waals surface area contributed by atoms with E-state index >= 15 is 0 Å². The number of hydrogen-bond acceptors (Lipinski definition) is 3. The van der Waals surface area contributed by atoms with Gasteiger partial charge in [0.15, 0.2) is 0 Å². The molecule has 7 nitrogen and oxygen atoms in total. The van der Waals surface area contributed by atoms with Gasteiger partial charge in [-0.3, -0.25) is 13.9 Å². The minimum atomic E-state index is -0.256. The quantitative estimate of drug-likeness (QED) is 0.520. The number of aromatic nitrogens is 4. The van der Waals surface area contributed by atoms with Gasteiger partial charge < -0.3 is 0 Å². The first kappa shape index (κ1) is 20.4. The molecule has 3 heterocycles. The second kappa shape index (κ2) is 7.78. The van der Waals surface area contributed by atoms with Crippen molar-refractivity contribution < 1.29 is 4.57 Å². The number of aromatic amines is 1. The van der Waals surface area contributed by atoms with Gasteiger partial charge in [-0.25, -0.2) is 19.2 Å². The number of benzene rings is 1. The van der Waals surface area contributed by atoms with E-state index in [1.54, 1.807) is 11.6 Å². The summed E-state index contributed by atoms with van der Waals surface area (Å²) in [5, 5.41) is 0. The Kier molecular flexibility index (Phi) is 5.30. The molecule has 1 aromatic carbocycles. The Labute approximate surface area is 176 Å². The fraction of sp³-hybridized carbons (Fsp3) is 0.522. The summed E-state index contributed by atoms with van der Waals surface area (Å²) in [6.07, 6.45) is 2.89. The van der Waals surface area contributed by atoms with Crippen LogP contribution in [0.25, 0.3) is 11.2 Å². The van der Waals surface area contributed by atoms with E-state index in [1.807, 2.05) is 0 Å². The highest BCUT2D eigenvalue weighted by atomic mass is 16.2. The van der Waals surface area contributed by atoms with Gasteiger partial charge in [-0.1, -0.05) is 32.8 Å². The van der Waals surface area contributed by atoms with E-state index < -0.39 is 0 Å². The first-order chi connectivity index (χ1) is 14.3. The van der Waals surface area contributed by atoms with Crippen molar-refractivity contribution in [3.05, 3.63) is 50.2 Å². The number of nitrogens with one attached hydrogen (secondary N) is 1. The van der Waals surface area contributed by atoms with E-state index in [0.29, 0.717) is 23.6 Å². The molecule has 1 aliphatic heterocycles. The zero-order valence-corrected chi connectivity index (χ0v) is 18.7. The van der Waals surface area contributed by atoms with Crippen LogP contribution in [0.2, 0.25) is 0 Å². The normalized spacial score (nSPS) is 16.3. The Morgan fingerprint density at radius 3 is 2.50 bits per heavy atom. The van der Waals surface area contributed by atoms with Gasteiger partial charge in [0.2, 0.25) is 11.2 Å². The molecule has 2 aromatic heterocycles. The Morgan fingerprint density at radius 2 is 1.83 bits per heavy atom. The lowest BCUT2D eigenvalue weighted by Gasteiger charge is -2.27. The SMILES string of the molecule is CCCCCn1c(=O)c2c([nH]c3[n+]2C[C@@H](C)CN3c2cc(C)cc(C)c2)n(C)c1=O. The van der Waals surface area contributed by atoms with Gasteiger partial charge in [-0.15, -0.1) is 0 Å². The van der Waals surface area contributed by atoms with Gasteiger partial charge in [0.05, 0.1) is 13.1 Å². The van der Waals surface area contributed by atoms with E-state index in [4.69, 9.17) is 0 Å². The third-order valence-corrected chi connectivity index (χ3v) is 6.03. The lowest BCUT2D eigenvalue weighted by molar-refractivity contribution is -0.669. The molecule has 160 valence electrons. The number of hydrogen-bond donors (Lipinski definition) is 1. The minimum absolute atomic E-state index is 0.193. The van der Waals surface area contributed by atoms with Gasteiger partial charge in [-0.2, -0.15) is 0 Å². The zero-order valence-electron chi connectivity index (χ0n) is 18.7. The van der Waals surface area contributed by atoms with Crippen LogP contribution < -0.4 is 20.7 Å². The number of nitrogens with zero attached hydrogens (tertiary/aromatic N) is 4. The van der Waals surface area contributed by atoms with Gasteiger partial charge >= 0.3 is 11.6 Å². The number of H-pyrrole nitrogens is 1. The monoisotopic (exact) mass is 410 g/mol. The van der Waals surface area contributed by atoms with Crippen molar-refractivity contribution in [3.8, 4) is 0 Å². The molecule has 7 heteroatoms. The molecular formula is C23H32N5O2+. The molecule has 0 saturated heterocycles. The van der Waals surface area contributed by atoms with Crippen LogP contribution in [0.5, 0.6) is 0 Å². The first-order valence-electron chi connectivity index (χ1n) is 10.9. The largest absolute Gasteiger partial charge is 0.364 e. The predicted octanol–water partition coefficient (Wildman–Crippen LogP) is 2.91. The summed E-state index contributed by atoms with van der Waals surface area (Å²) in [7, 11) is 1.74. The maximum absolute atomic E-state index is 13.4. The summed E-state index contributed by atoms with van der Waals surface area (Å²) in [5.41, 5.74) is 4.25. The molecule has 3 aromatic rings. The third kappa shape index (κ3) is 3.36. The van der Waals surface area contributed by atoms with Crippen LogP contribution in [0.15, 0.2) is 27.8 Å². The van der Waals surface area contributed by atoms with Gasteiger partial charge in [0.25, 0.3) is 5.56 Å². The van der Waals surface area contributed by atoms with Crippen LogP contribution >= 0.6 is 0 Å². The highest BCUT2D eigenvalue weighted by Crippen LogP contribution is 2.29. The highest BCUT2D eigenvalue weighted by molar-refractivity contribution is 5.70. The molecule has 1 aliphatic rings. The van der Waals surface area contributed by atoms with Crippen LogP contribution in [0.1, 0.15) is 44.2 Å².